The van der Waals surface area contributed by atoms with Crippen LogP contribution in [0.5, 0.6) is 0 Å². The van der Waals surface area contributed by atoms with Gasteiger partial charge in [-0.05, 0) is 31.2 Å². The molecule has 2 heteroatoms. The minimum atomic E-state index is 0.895. The number of nitrogens with zero attached hydrogens (tertiary/aromatic N) is 2. The van der Waals surface area contributed by atoms with Gasteiger partial charge in [-0.25, -0.2) is 4.98 Å². The summed E-state index contributed by atoms with van der Waals surface area (Å²) in [6.07, 6.45) is 11.5. The molecular weight excluding hydrogens is 280 g/mol. The zero-order chi connectivity index (χ0) is 15.6. The lowest BCUT2D eigenvalue weighted by atomic mass is 10.1. The Balaban J connectivity index is 2.00. The SMILES string of the molecule is Cc1cccc(-c2nc3ccccc3n2C2=CC=CC=CC2)c1. The number of para-hydroxylation sites is 2. The predicted molar refractivity (Wildman–Crippen MR) is 97.1 cm³/mol. The van der Waals surface area contributed by atoms with Gasteiger partial charge >= 0.3 is 0 Å². The standard InChI is InChI=1S/C21H18N2/c1-16-9-8-10-17(15-16)21-22-19-13-6-7-14-20(19)23(21)18-11-4-2-3-5-12-18/h2-11,13-15H,12H2,1H3. The molecule has 4 rings (SSSR count). The van der Waals surface area contributed by atoms with E-state index in [1.54, 1.807) is 0 Å². The van der Waals surface area contributed by atoms with E-state index in [1.807, 2.05) is 6.07 Å². The second kappa shape index (κ2) is 5.73. The van der Waals surface area contributed by atoms with E-state index in [4.69, 9.17) is 4.98 Å². The minimum Gasteiger partial charge on any atom is -0.296 e. The molecule has 0 atom stereocenters. The molecule has 0 unspecified atom stereocenters. The number of rotatable bonds is 2. The van der Waals surface area contributed by atoms with Gasteiger partial charge in [0, 0.05) is 17.7 Å². The van der Waals surface area contributed by atoms with Crippen LogP contribution in [-0.4, -0.2) is 9.55 Å². The second-order valence-corrected chi connectivity index (χ2v) is 5.80. The first-order valence-corrected chi connectivity index (χ1v) is 7.90. The Bertz CT molecular complexity index is 955. The van der Waals surface area contributed by atoms with Crippen molar-refractivity contribution in [2.75, 3.05) is 0 Å². The van der Waals surface area contributed by atoms with Crippen LogP contribution in [0.15, 0.2) is 78.9 Å². The lowest BCUT2D eigenvalue weighted by molar-refractivity contribution is 1.08. The average Bonchev–Trinajstić information content (AvgIpc) is 2.75. The molecule has 1 aliphatic carbocycles. The monoisotopic (exact) mass is 298 g/mol. The van der Waals surface area contributed by atoms with Crippen LogP contribution in [0.1, 0.15) is 12.0 Å². The van der Waals surface area contributed by atoms with Crippen LogP contribution in [0.2, 0.25) is 0 Å². The zero-order valence-corrected chi connectivity index (χ0v) is 13.1. The summed E-state index contributed by atoms with van der Waals surface area (Å²) in [5.41, 5.74) is 5.82. The fourth-order valence-corrected chi connectivity index (χ4v) is 3.03. The number of benzene rings is 2. The van der Waals surface area contributed by atoms with Crippen LogP contribution in [0.3, 0.4) is 0 Å². The Kier molecular flexibility index (Phi) is 3.43. The molecule has 0 N–H and O–H groups in total. The van der Waals surface area contributed by atoms with Crippen molar-refractivity contribution in [2.24, 2.45) is 0 Å². The number of hydrogen-bond donors (Lipinski definition) is 0. The van der Waals surface area contributed by atoms with Gasteiger partial charge < -0.3 is 0 Å². The van der Waals surface area contributed by atoms with E-state index < -0.39 is 0 Å². The van der Waals surface area contributed by atoms with Crippen LogP contribution in [0, 0.1) is 6.92 Å². The molecule has 0 bridgehead atoms. The number of allylic oxidation sites excluding steroid dienone is 6. The molecule has 23 heavy (non-hydrogen) atoms. The lowest BCUT2D eigenvalue weighted by Crippen LogP contribution is -1.99. The van der Waals surface area contributed by atoms with Crippen molar-refractivity contribution < 1.29 is 0 Å². The minimum absolute atomic E-state index is 0.895. The van der Waals surface area contributed by atoms with Gasteiger partial charge in [0.15, 0.2) is 0 Å². The molecule has 3 aromatic rings. The van der Waals surface area contributed by atoms with Gasteiger partial charge in [-0.3, -0.25) is 4.57 Å². The molecule has 0 radical (unpaired) electrons. The van der Waals surface area contributed by atoms with E-state index in [1.165, 1.54) is 11.3 Å². The second-order valence-electron chi connectivity index (χ2n) is 5.80. The van der Waals surface area contributed by atoms with Gasteiger partial charge in [-0.15, -0.1) is 0 Å². The van der Waals surface area contributed by atoms with E-state index in [-0.39, 0.29) is 0 Å². The first-order valence-electron chi connectivity index (χ1n) is 7.90. The van der Waals surface area contributed by atoms with E-state index in [9.17, 15) is 0 Å². The van der Waals surface area contributed by atoms with Crippen molar-refractivity contribution in [2.45, 2.75) is 13.3 Å². The van der Waals surface area contributed by atoms with Crippen LogP contribution in [-0.2, 0) is 0 Å². The smallest absolute Gasteiger partial charge is 0.145 e. The Morgan fingerprint density at radius 2 is 1.87 bits per heavy atom. The summed E-state index contributed by atoms with van der Waals surface area (Å²) in [6.45, 7) is 2.12. The predicted octanol–water partition coefficient (Wildman–Crippen LogP) is 5.37. The maximum absolute atomic E-state index is 4.90. The quantitative estimate of drug-likeness (QED) is 0.622. The third-order valence-corrected chi connectivity index (χ3v) is 4.10. The molecule has 2 nitrogen and oxygen atoms in total. The highest BCUT2D eigenvalue weighted by atomic mass is 15.1. The highest BCUT2D eigenvalue weighted by molar-refractivity contribution is 5.85. The van der Waals surface area contributed by atoms with Gasteiger partial charge in [0.1, 0.15) is 5.82 Å². The van der Waals surface area contributed by atoms with E-state index in [0.29, 0.717) is 0 Å². The van der Waals surface area contributed by atoms with Crippen molar-refractivity contribution in [1.29, 1.82) is 0 Å². The van der Waals surface area contributed by atoms with Crippen molar-refractivity contribution in [3.05, 3.63) is 84.5 Å². The number of aryl methyl sites for hydroxylation is 1. The summed E-state index contributed by atoms with van der Waals surface area (Å²) in [6, 6.07) is 16.9. The van der Waals surface area contributed by atoms with Gasteiger partial charge in [0.25, 0.3) is 0 Å². The van der Waals surface area contributed by atoms with Crippen LogP contribution in [0.4, 0.5) is 0 Å². The summed E-state index contributed by atoms with van der Waals surface area (Å²) in [5, 5.41) is 0. The number of fused-ring (bicyclic) bond motifs is 1. The van der Waals surface area contributed by atoms with Gasteiger partial charge in [-0.1, -0.05) is 60.2 Å². The first-order chi connectivity index (χ1) is 11.3. The Hall–Kier alpha value is -2.87. The van der Waals surface area contributed by atoms with E-state index in [0.717, 1.165) is 28.8 Å². The highest BCUT2D eigenvalue weighted by Gasteiger charge is 2.15. The van der Waals surface area contributed by atoms with Crippen molar-refractivity contribution in [3.8, 4) is 11.4 Å². The van der Waals surface area contributed by atoms with Crippen molar-refractivity contribution in [1.82, 2.24) is 9.55 Å². The van der Waals surface area contributed by atoms with Crippen molar-refractivity contribution >= 4 is 16.7 Å². The maximum atomic E-state index is 4.90. The average molecular weight is 298 g/mol. The fourth-order valence-electron chi connectivity index (χ4n) is 3.03. The summed E-state index contributed by atoms with van der Waals surface area (Å²) < 4.78 is 2.28. The largest absolute Gasteiger partial charge is 0.296 e. The molecule has 0 saturated carbocycles. The molecule has 112 valence electrons. The van der Waals surface area contributed by atoms with Crippen molar-refractivity contribution in [3.63, 3.8) is 0 Å². The zero-order valence-electron chi connectivity index (χ0n) is 13.1. The normalized spacial score (nSPS) is 14.0. The Morgan fingerprint density at radius 3 is 2.78 bits per heavy atom. The van der Waals surface area contributed by atoms with Crippen LogP contribution < -0.4 is 0 Å². The van der Waals surface area contributed by atoms with Gasteiger partial charge in [0.05, 0.1) is 11.0 Å². The summed E-state index contributed by atoms with van der Waals surface area (Å²) in [5.74, 6) is 1.00. The van der Waals surface area contributed by atoms with Gasteiger partial charge in [0.2, 0.25) is 0 Å². The Morgan fingerprint density at radius 1 is 0.957 bits per heavy atom. The van der Waals surface area contributed by atoms with Crippen LogP contribution >= 0.6 is 0 Å². The molecular formula is C21H18N2. The van der Waals surface area contributed by atoms with Crippen LogP contribution in [0.25, 0.3) is 28.1 Å². The third-order valence-electron chi connectivity index (χ3n) is 4.10. The molecule has 0 aliphatic heterocycles. The first kappa shape index (κ1) is 13.8. The molecule has 0 amide bonds. The molecule has 1 aliphatic rings. The molecule has 0 saturated heterocycles. The number of imidazole rings is 1. The molecule has 0 fully saturated rings. The summed E-state index contributed by atoms with van der Waals surface area (Å²) >= 11 is 0. The summed E-state index contributed by atoms with van der Waals surface area (Å²) in [7, 11) is 0. The van der Waals surface area contributed by atoms with E-state index >= 15 is 0 Å². The molecule has 1 heterocycles. The molecule has 1 aromatic heterocycles. The highest BCUT2D eigenvalue weighted by Crippen LogP contribution is 2.30. The number of aromatic nitrogens is 2. The topological polar surface area (TPSA) is 17.8 Å². The number of hydrogen-bond acceptors (Lipinski definition) is 1. The molecule has 0 spiro atoms. The third kappa shape index (κ3) is 2.53. The van der Waals surface area contributed by atoms with E-state index in [2.05, 4.69) is 84.3 Å². The Labute approximate surface area is 136 Å². The van der Waals surface area contributed by atoms with Gasteiger partial charge in [-0.2, -0.15) is 0 Å². The maximum Gasteiger partial charge on any atom is 0.145 e. The summed E-state index contributed by atoms with van der Waals surface area (Å²) in [4.78, 5) is 4.90. The lowest BCUT2D eigenvalue weighted by Gasteiger charge is -2.12. The fraction of sp³-hybridized carbons (Fsp3) is 0.0952. The molecule has 2 aromatic carbocycles.